The summed E-state index contributed by atoms with van der Waals surface area (Å²) < 4.78 is 1.17. The summed E-state index contributed by atoms with van der Waals surface area (Å²) in [6, 6.07) is 121. The van der Waals surface area contributed by atoms with Crippen LogP contribution in [-0.4, -0.2) is 47.1 Å². The molecular formula is C94H64BBrN6O2. The smallest absolute Gasteiger partial charge is 0.423 e. The molecule has 10 heteroatoms. The summed E-state index contributed by atoms with van der Waals surface area (Å²) in [6.07, 6.45) is 7.27. The Labute approximate surface area is 612 Å². The lowest BCUT2D eigenvalue weighted by Gasteiger charge is -2.18. The van der Waals surface area contributed by atoms with E-state index in [9.17, 15) is 10.0 Å². The van der Waals surface area contributed by atoms with Gasteiger partial charge in [-0.05, 0) is 157 Å². The van der Waals surface area contributed by atoms with E-state index >= 15 is 0 Å². The number of fused-ring (bicyclic) bond motifs is 4. The molecule has 2 N–H and O–H groups in total. The van der Waals surface area contributed by atoms with Gasteiger partial charge in [-0.15, -0.1) is 0 Å². The Morgan fingerprint density at radius 1 is 0.221 bits per heavy atom. The zero-order valence-corrected chi connectivity index (χ0v) is 57.9. The number of hydrogen-bond donors (Lipinski definition) is 2. The Morgan fingerprint density at radius 2 is 0.500 bits per heavy atom. The summed E-state index contributed by atoms with van der Waals surface area (Å²) in [4.78, 5) is 28.6. The topological polar surface area (TPSA) is 118 Å². The highest BCUT2D eigenvalue weighted by Gasteiger charge is 2.21. The monoisotopic (exact) mass is 1400 g/mol. The van der Waals surface area contributed by atoms with Crippen molar-refractivity contribution in [1.82, 2.24) is 29.9 Å². The van der Waals surface area contributed by atoms with Gasteiger partial charge in [0.05, 0.1) is 22.8 Å². The minimum absolute atomic E-state index is 0.410. The summed E-state index contributed by atoms with van der Waals surface area (Å²) in [7, 11) is -1.55. The maximum atomic E-state index is 9.62. The molecule has 4 heterocycles. The zero-order chi connectivity index (χ0) is 70.1. The number of aromatic nitrogens is 6. The fourth-order valence-corrected chi connectivity index (χ4v) is 14.4. The SMILES string of the molecule is Brc1c2ccccc2c(-c2ccccc2)c2ccccc12.OB(O)c1cccc(-c2cc(-c3ccccc3)nc(-c3cccc(-c4cccnc4)c3)n2)c1.c1ccc(-c2cc(-c3cccc(-c4c5ccccc5c(-c5ccccc5)c5ccccc45)c3)nc(-c3cccc(-c4cccnc4)c3)n2)cc1. The van der Waals surface area contributed by atoms with Gasteiger partial charge in [0.15, 0.2) is 11.6 Å². The van der Waals surface area contributed by atoms with Gasteiger partial charge in [0, 0.05) is 68.2 Å². The predicted molar refractivity (Wildman–Crippen MR) is 433 cm³/mol. The van der Waals surface area contributed by atoms with Crippen LogP contribution in [-0.2, 0) is 0 Å². The van der Waals surface area contributed by atoms with Crippen LogP contribution in [0.5, 0.6) is 0 Å². The molecule has 0 bridgehead atoms. The van der Waals surface area contributed by atoms with Crippen LogP contribution in [0.4, 0.5) is 0 Å². The highest BCUT2D eigenvalue weighted by molar-refractivity contribution is 9.10. The van der Waals surface area contributed by atoms with Crippen molar-refractivity contribution in [3.05, 3.63) is 381 Å². The van der Waals surface area contributed by atoms with Crippen molar-refractivity contribution in [2.45, 2.75) is 0 Å². The molecule has 492 valence electrons. The van der Waals surface area contributed by atoms with Crippen LogP contribution < -0.4 is 5.46 Å². The molecule has 18 aromatic rings. The molecule has 0 fully saturated rings. The van der Waals surface area contributed by atoms with Crippen LogP contribution in [0.25, 0.3) is 167 Å². The molecule has 0 saturated heterocycles. The normalized spacial score (nSPS) is 11.0. The molecule has 8 nitrogen and oxygen atoms in total. The van der Waals surface area contributed by atoms with Gasteiger partial charge in [0.2, 0.25) is 0 Å². The summed E-state index contributed by atoms with van der Waals surface area (Å²) in [5.41, 5.74) is 20.9. The van der Waals surface area contributed by atoms with Crippen molar-refractivity contribution in [1.29, 1.82) is 0 Å². The molecule has 104 heavy (non-hydrogen) atoms. The quantitative estimate of drug-likeness (QED) is 0.0917. The van der Waals surface area contributed by atoms with Gasteiger partial charge in [0.25, 0.3) is 0 Å². The maximum absolute atomic E-state index is 9.62. The third-order valence-corrected chi connectivity index (χ3v) is 19.5. The van der Waals surface area contributed by atoms with Crippen molar-refractivity contribution in [2.75, 3.05) is 0 Å². The predicted octanol–water partition coefficient (Wildman–Crippen LogP) is 22.8. The molecule has 18 rings (SSSR count). The summed E-state index contributed by atoms with van der Waals surface area (Å²) in [6.45, 7) is 0. The molecule has 0 saturated carbocycles. The van der Waals surface area contributed by atoms with E-state index in [1.807, 2.05) is 97.3 Å². The van der Waals surface area contributed by atoms with Crippen molar-refractivity contribution in [3.63, 3.8) is 0 Å². The minimum Gasteiger partial charge on any atom is -0.423 e. The van der Waals surface area contributed by atoms with Crippen molar-refractivity contribution < 1.29 is 10.0 Å². The van der Waals surface area contributed by atoms with Crippen LogP contribution >= 0.6 is 15.9 Å². The van der Waals surface area contributed by atoms with E-state index < -0.39 is 7.12 Å². The fraction of sp³-hybridized carbons (Fsp3) is 0. The van der Waals surface area contributed by atoms with Crippen LogP contribution in [0.1, 0.15) is 0 Å². The van der Waals surface area contributed by atoms with Crippen LogP contribution in [0, 0.1) is 0 Å². The lowest BCUT2D eigenvalue weighted by Crippen LogP contribution is -2.29. The van der Waals surface area contributed by atoms with Gasteiger partial charge >= 0.3 is 7.12 Å². The first-order chi connectivity index (χ1) is 51.3. The Kier molecular flexibility index (Phi) is 19.0. The zero-order valence-electron chi connectivity index (χ0n) is 56.3. The van der Waals surface area contributed by atoms with Gasteiger partial charge in [0.1, 0.15) is 0 Å². The van der Waals surface area contributed by atoms with Gasteiger partial charge in [-0.3, -0.25) is 9.97 Å². The number of rotatable bonds is 12. The maximum Gasteiger partial charge on any atom is 0.488 e. The van der Waals surface area contributed by atoms with Gasteiger partial charge < -0.3 is 10.0 Å². The summed E-state index contributed by atoms with van der Waals surface area (Å²) in [5.74, 6) is 1.27. The number of benzene rings is 14. The van der Waals surface area contributed by atoms with E-state index in [1.165, 1.54) is 75.4 Å². The van der Waals surface area contributed by atoms with E-state index in [0.717, 1.165) is 78.3 Å². The summed E-state index contributed by atoms with van der Waals surface area (Å²) in [5, 5.41) is 29.3. The first-order valence-electron chi connectivity index (χ1n) is 34.4. The summed E-state index contributed by atoms with van der Waals surface area (Å²) >= 11 is 3.79. The lowest BCUT2D eigenvalue weighted by atomic mass is 9.79. The average Bonchev–Trinajstić information content (AvgIpc) is 0.689. The van der Waals surface area contributed by atoms with Gasteiger partial charge in [-0.25, -0.2) is 19.9 Å². The molecule has 0 amide bonds. The first kappa shape index (κ1) is 65.6. The Hall–Kier alpha value is -13.0. The number of hydrogen-bond acceptors (Lipinski definition) is 8. The van der Waals surface area contributed by atoms with Crippen molar-refractivity contribution >= 4 is 71.6 Å². The van der Waals surface area contributed by atoms with E-state index in [4.69, 9.17) is 19.9 Å². The van der Waals surface area contributed by atoms with Crippen LogP contribution in [0.15, 0.2) is 381 Å². The molecule has 0 atom stereocenters. The fourth-order valence-electron chi connectivity index (χ4n) is 13.7. The number of nitrogens with zero attached hydrogens (tertiary/aromatic N) is 6. The number of halogens is 1. The first-order valence-corrected chi connectivity index (χ1v) is 35.2. The minimum atomic E-state index is -1.55. The molecule has 0 aliphatic carbocycles. The van der Waals surface area contributed by atoms with E-state index in [2.05, 4.69) is 275 Å². The molecule has 0 aliphatic heterocycles. The molecule has 0 aliphatic rings. The number of pyridine rings is 2. The third kappa shape index (κ3) is 13.9. The van der Waals surface area contributed by atoms with E-state index in [0.29, 0.717) is 22.8 Å². The lowest BCUT2D eigenvalue weighted by molar-refractivity contribution is 0.426. The Bertz CT molecular complexity index is 5980. The molecule has 14 aromatic carbocycles. The molecule has 0 radical (unpaired) electrons. The Morgan fingerprint density at radius 3 is 0.885 bits per heavy atom. The third-order valence-electron chi connectivity index (χ3n) is 18.7. The second-order valence-electron chi connectivity index (χ2n) is 25.2. The van der Waals surface area contributed by atoms with Crippen LogP contribution in [0.2, 0.25) is 0 Å². The van der Waals surface area contributed by atoms with Crippen LogP contribution in [0.3, 0.4) is 0 Å². The molecule has 0 unspecified atom stereocenters. The second-order valence-corrected chi connectivity index (χ2v) is 26.0. The van der Waals surface area contributed by atoms with E-state index in [1.54, 1.807) is 30.6 Å². The van der Waals surface area contributed by atoms with Crippen molar-refractivity contribution in [2.24, 2.45) is 0 Å². The average molecular weight is 1400 g/mol. The highest BCUT2D eigenvalue weighted by atomic mass is 79.9. The molecular weight excluding hydrogens is 1340 g/mol. The van der Waals surface area contributed by atoms with Gasteiger partial charge in [-0.1, -0.05) is 309 Å². The molecule has 0 spiro atoms. The Balaban J connectivity index is 0.000000132. The van der Waals surface area contributed by atoms with Crippen molar-refractivity contribution in [3.8, 4) is 123 Å². The van der Waals surface area contributed by atoms with Gasteiger partial charge in [-0.2, -0.15) is 0 Å². The molecule has 4 aromatic heterocycles. The largest absolute Gasteiger partial charge is 0.488 e. The van der Waals surface area contributed by atoms with E-state index in [-0.39, 0.29) is 0 Å². The highest BCUT2D eigenvalue weighted by Crippen LogP contribution is 2.46. The second kappa shape index (κ2) is 30.1. The standard InChI is InChI=1S/C47H31N3.C27H20BN3O2.C20H13Br/c1-3-14-32(15-4-1)43-30-44(50-47(49-43)37-21-11-18-34(28-37)38-22-13-27-48-31-38)35-19-12-20-36(29-35)46-41-25-9-7-23-39(41)45(33-16-5-2-6-17-33)40-24-8-10-26-42(40)46;32-28(33)24-13-5-10-21(16-24)26-17-25(19-7-2-1-3-8-19)30-27(31-26)22-11-4-9-20(15-22)23-12-6-14-29-18-23;21-20-17-12-6-4-10-15(17)19(14-8-2-1-3-9-14)16-11-5-7-13-18(16)20/h1-31H;1-18,32-33H;1-13H.